The van der Waals surface area contributed by atoms with Crippen LogP contribution in [0.15, 0.2) is 30.9 Å². The molecule has 1 atom stereocenters. The molecule has 0 aliphatic carbocycles. The zero-order valence-corrected chi connectivity index (χ0v) is 12.1. The van der Waals surface area contributed by atoms with Crippen LogP contribution in [0.1, 0.15) is 22.8 Å². The summed E-state index contributed by atoms with van der Waals surface area (Å²) in [7, 11) is 0. The molecule has 1 aromatic heterocycles. The molecule has 0 bridgehead atoms. The molecular weight excluding hydrogens is 288 g/mol. The summed E-state index contributed by atoms with van der Waals surface area (Å²) in [6.45, 7) is 2.56. The van der Waals surface area contributed by atoms with Crippen LogP contribution in [0.3, 0.4) is 0 Å². The van der Waals surface area contributed by atoms with Crippen molar-refractivity contribution >= 4 is 11.9 Å². The van der Waals surface area contributed by atoms with Gasteiger partial charge in [-0.3, -0.25) is 4.79 Å². The molecule has 2 aromatic rings. The third-order valence-corrected chi connectivity index (χ3v) is 3.18. The molecule has 8 heteroatoms. The predicted octanol–water partition coefficient (Wildman–Crippen LogP) is 0.141. The number of carbonyl (C=O) groups excluding carboxylic acids is 1. The Bertz CT molecular complexity index is 695. The molecule has 0 saturated heterocycles. The molecule has 0 radical (unpaired) electrons. The van der Waals surface area contributed by atoms with Crippen molar-refractivity contribution in [2.24, 2.45) is 0 Å². The first-order valence-electron chi connectivity index (χ1n) is 6.51. The molecule has 1 heterocycles. The van der Waals surface area contributed by atoms with Gasteiger partial charge < -0.3 is 15.5 Å². The minimum Gasteiger partial charge on any atom is -0.479 e. The molecule has 0 saturated carbocycles. The van der Waals surface area contributed by atoms with E-state index in [1.54, 1.807) is 29.2 Å². The SMILES string of the molecule is Cc1cc(C(=O)NCC(C)(O)C(=O)O)ccc1-n1cncn1. The van der Waals surface area contributed by atoms with Crippen LogP contribution >= 0.6 is 0 Å². The van der Waals surface area contributed by atoms with Crippen LogP contribution in [0.4, 0.5) is 0 Å². The fraction of sp³-hybridized carbons (Fsp3) is 0.286. The minimum absolute atomic E-state index is 0.363. The van der Waals surface area contributed by atoms with E-state index in [-0.39, 0.29) is 6.54 Å². The summed E-state index contributed by atoms with van der Waals surface area (Å²) < 4.78 is 1.58. The molecule has 0 fully saturated rings. The molecule has 1 unspecified atom stereocenters. The van der Waals surface area contributed by atoms with Gasteiger partial charge in [0.2, 0.25) is 0 Å². The van der Waals surface area contributed by atoms with Gasteiger partial charge >= 0.3 is 5.97 Å². The van der Waals surface area contributed by atoms with Crippen molar-refractivity contribution in [1.82, 2.24) is 20.1 Å². The van der Waals surface area contributed by atoms with E-state index in [1.165, 1.54) is 6.33 Å². The highest BCUT2D eigenvalue weighted by Crippen LogP contribution is 2.15. The summed E-state index contributed by atoms with van der Waals surface area (Å²) in [5.41, 5.74) is -0.0527. The molecule has 22 heavy (non-hydrogen) atoms. The maximum absolute atomic E-state index is 12.0. The second kappa shape index (κ2) is 5.94. The van der Waals surface area contributed by atoms with E-state index in [4.69, 9.17) is 5.11 Å². The number of aryl methyl sites for hydroxylation is 1. The van der Waals surface area contributed by atoms with Gasteiger partial charge in [0.15, 0.2) is 5.60 Å². The lowest BCUT2D eigenvalue weighted by atomic mass is 10.1. The Morgan fingerprint density at radius 1 is 1.41 bits per heavy atom. The Balaban J connectivity index is 2.12. The smallest absolute Gasteiger partial charge is 0.337 e. The number of aliphatic carboxylic acids is 1. The van der Waals surface area contributed by atoms with Crippen LogP contribution in [0.25, 0.3) is 5.69 Å². The molecule has 116 valence electrons. The summed E-state index contributed by atoms with van der Waals surface area (Å²) >= 11 is 0. The number of hydrogen-bond donors (Lipinski definition) is 3. The number of carbonyl (C=O) groups is 2. The molecule has 3 N–H and O–H groups in total. The molecular formula is C14H16N4O4. The standard InChI is InChI=1S/C14H16N4O4/c1-9-5-10(3-4-11(9)18-8-15-7-17-18)12(19)16-6-14(2,22)13(20)21/h3-5,7-8,22H,6H2,1-2H3,(H,16,19)(H,20,21). The van der Waals surface area contributed by atoms with E-state index in [2.05, 4.69) is 15.4 Å². The maximum atomic E-state index is 12.0. The highest BCUT2D eigenvalue weighted by atomic mass is 16.4. The quantitative estimate of drug-likeness (QED) is 0.723. The second-order valence-electron chi connectivity index (χ2n) is 5.10. The van der Waals surface area contributed by atoms with Gasteiger partial charge in [0.1, 0.15) is 12.7 Å². The number of aromatic nitrogens is 3. The van der Waals surface area contributed by atoms with Gasteiger partial charge in [-0.2, -0.15) is 5.10 Å². The van der Waals surface area contributed by atoms with Gasteiger partial charge in [-0.1, -0.05) is 0 Å². The van der Waals surface area contributed by atoms with Gasteiger partial charge in [0.25, 0.3) is 5.91 Å². The van der Waals surface area contributed by atoms with Crippen molar-refractivity contribution < 1.29 is 19.8 Å². The van der Waals surface area contributed by atoms with Gasteiger partial charge in [-0.15, -0.1) is 0 Å². The van der Waals surface area contributed by atoms with Crippen molar-refractivity contribution in [3.8, 4) is 5.69 Å². The van der Waals surface area contributed by atoms with Crippen LogP contribution in [0.2, 0.25) is 0 Å². The maximum Gasteiger partial charge on any atom is 0.337 e. The molecule has 0 aliphatic rings. The summed E-state index contributed by atoms with van der Waals surface area (Å²) in [4.78, 5) is 26.7. The zero-order valence-electron chi connectivity index (χ0n) is 12.1. The first-order chi connectivity index (χ1) is 10.3. The Kier molecular flexibility index (Phi) is 4.22. The summed E-state index contributed by atoms with van der Waals surface area (Å²) in [5, 5.41) is 24.8. The van der Waals surface area contributed by atoms with Crippen molar-refractivity contribution in [3.63, 3.8) is 0 Å². The second-order valence-corrected chi connectivity index (χ2v) is 5.10. The lowest BCUT2D eigenvalue weighted by Crippen LogP contribution is -2.46. The van der Waals surface area contributed by atoms with E-state index >= 15 is 0 Å². The molecule has 2 rings (SSSR count). The average molecular weight is 304 g/mol. The summed E-state index contributed by atoms with van der Waals surface area (Å²) in [5.74, 6) is -1.86. The number of carboxylic acid groups (broad SMARTS) is 1. The average Bonchev–Trinajstić information content (AvgIpc) is 2.98. The van der Waals surface area contributed by atoms with Crippen LogP contribution in [0.5, 0.6) is 0 Å². The Labute approximate surface area is 126 Å². The number of rotatable bonds is 5. The molecule has 1 amide bonds. The summed E-state index contributed by atoms with van der Waals surface area (Å²) in [6, 6.07) is 4.96. The Hall–Kier alpha value is -2.74. The van der Waals surface area contributed by atoms with Gasteiger partial charge in [-0.05, 0) is 37.6 Å². The van der Waals surface area contributed by atoms with E-state index in [0.717, 1.165) is 18.2 Å². The number of carboxylic acids is 1. The fourth-order valence-corrected chi connectivity index (χ4v) is 1.82. The normalized spacial score (nSPS) is 13.4. The van der Waals surface area contributed by atoms with Gasteiger partial charge in [-0.25, -0.2) is 14.5 Å². The Morgan fingerprint density at radius 2 is 2.14 bits per heavy atom. The van der Waals surface area contributed by atoms with Gasteiger partial charge in [0, 0.05) is 5.56 Å². The predicted molar refractivity (Wildman–Crippen MR) is 76.7 cm³/mol. The number of hydrogen-bond acceptors (Lipinski definition) is 5. The van der Waals surface area contributed by atoms with E-state index in [0.29, 0.717) is 5.56 Å². The summed E-state index contributed by atoms with van der Waals surface area (Å²) in [6.07, 6.45) is 2.96. The van der Waals surface area contributed by atoms with Crippen LogP contribution in [-0.2, 0) is 4.79 Å². The van der Waals surface area contributed by atoms with E-state index in [1.807, 2.05) is 6.92 Å². The van der Waals surface area contributed by atoms with Crippen molar-refractivity contribution in [2.75, 3.05) is 6.54 Å². The lowest BCUT2D eigenvalue weighted by molar-refractivity contribution is -0.155. The molecule has 0 aliphatic heterocycles. The third kappa shape index (κ3) is 3.29. The number of amides is 1. The molecule has 0 spiro atoms. The van der Waals surface area contributed by atoms with Crippen LogP contribution in [0, 0.1) is 6.92 Å². The monoisotopic (exact) mass is 304 g/mol. The third-order valence-electron chi connectivity index (χ3n) is 3.18. The first-order valence-corrected chi connectivity index (χ1v) is 6.51. The minimum atomic E-state index is -2.01. The number of benzene rings is 1. The van der Waals surface area contributed by atoms with Crippen molar-refractivity contribution in [2.45, 2.75) is 19.4 Å². The molecule has 1 aromatic carbocycles. The fourth-order valence-electron chi connectivity index (χ4n) is 1.82. The molecule has 8 nitrogen and oxygen atoms in total. The number of aliphatic hydroxyl groups is 1. The van der Waals surface area contributed by atoms with E-state index in [9.17, 15) is 14.7 Å². The number of nitrogens with zero attached hydrogens (tertiary/aromatic N) is 3. The van der Waals surface area contributed by atoms with Crippen LogP contribution < -0.4 is 5.32 Å². The highest BCUT2D eigenvalue weighted by Gasteiger charge is 2.30. The number of nitrogens with one attached hydrogen (secondary N) is 1. The first kappa shape index (κ1) is 15.6. The van der Waals surface area contributed by atoms with Crippen molar-refractivity contribution in [1.29, 1.82) is 0 Å². The van der Waals surface area contributed by atoms with Crippen LogP contribution in [-0.4, -0.2) is 49.0 Å². The van der Waals surface area contributed by atoms with Gasteiger partial charge in [0.05, 0.1) is 12.2 Å². The lowest BCUT2D eigenvalue weighted by Gasteiger charge is -2.18. The van der Waals surface area contributed by atoms with E-state index < -0.39 is 17.5 Å². The zero-order chi connectivity index (χ0) is 16.3. The highest BCUT2D eigenvalue weighted by molar-refractivity contribution is 5.95. The topological polar surface area (TPSA) is 117 Å². The van der Waals surface area contributed by atoms with Crippen molar-refractivity contribution in [3.05, 3.63) is 42.0 Å². The largest absolute Gasteiger partial charge is 0.479 e. The Morgan fingerprint density at radius 3 is 2.68 bits per heavy atom.